The van der Waals surface area contributed by atoms with Crippen molar-refractivity contribution in [2.75, 3.05) is 5.43 Å². The van der Waals surface area contributed by atoms with Gasteiger partial charge in [0.2, 0.25) is 0 Å². The summed E-state index contributed by atoms with van der Waals surface area (Å²) in [5.41, 5.74) is 2.21. The molecule has 0 aromatic heterocycles. The second kappa shape index (κ2) is 4.03. The van der Waals surface area contributed by atoms with Gasteiger partial charge in [0.15, 0.2) is 6.10 Å². The zero-order chi connectivity index (χ0) is 10.7. The third kappa shape index (κ3) is 1.98. The van der Waals surface area contributed by atoms with Gasteiger partial charge in [-0.3, -0.25) is 5.84 Å². The minimum Gasteiger partial charge on any atom is -0.479 e. The number of halogens is 1. The van der Waals surface area contributed by atoms with Gasteiger partial charge in [-0.15, -0.1) is 0 Å². The van der Waals surface area contributed by atoms with Crippen molar-refractivity contribution in [3.05, 3.63) is 29.6 Å². The van der Waals surface area contributed by atoms with Crippen LogP contribution in [0.25, 0.3) is 0 Å². The molecule has 1 aromatic rings. The van der Waals surface area contributed by atoms with Crippen LogP contribution in [0.5, 0.6) is 0 Å². The first kappa shape index (κ1) is 10.4. The molecule has 5 nitrogen and oxygen atoms in total. The molecule has 0 aliphatic rings. The molecule has 0 saturated heterocycles. The summed E-state index contributed by atoms with van der Waals surface area (Å²) in [6.45, 7) is 0. The first-order valence-corrected chi connectivity index (χ1v) is 3.73. The molecule has 0 fully saturated rings. The highest BCUT2D eigenvalue weighted by Gasteiger charge is 2.20. The Kier molecular flexibility index (Phi) is 3.00. The van der Waals surface area contributed by atoms with E-state index in [0.717, 1.165) is 12.1 Å². The third-order valence-corrected chi connectivity index (χ3v) is 1.69. The minimum absolute atomic E-state index is 0.321. The van der Waals surface area contributed by atoms with Crippen LogP contribution in [0.1, 0.15) is 11.7 Å². The normalized spacial score (nSPS) is 12.2. The zero-order valence-corrected chi connectivity index (χ0v) is 7.07. The molecule has 6 heteroatoms. The first-order chi connectivity index (χ1) is 6.56. The van der Waals surface area contributed by atoms with Crippen molar-refractivity contribution in [1.29, 1.82) is 0 Å². The van der Waals surface area contributed by atoms with Crippen molar-refractivity contribution in [1.82, 2.24) is 0 Å². The van der Waals surface area contributed by atoms with E-state index in [4.69, 9.17) is 16.1 Å². The molecule has 14 heavy (non-hydrogen) atoms. The number of nitrogens with one attached hydrogen (secondary N) is 1. The van der Waals surface area contributed by atoms with Crippen molar-refractivity contribution in [2.24, 2.45) is 5.84 Å². The van der Waals surface area contributed by atoms with E-state index in [2.05, 4.69) is 5.43 Å². The molecule has 0 aliphatic carbocycles. The number of rotatable bonds is 3. The van der Waals surface area contributed by atoms with E-state index in [9.17, 15) is 9.18 Å². The molecule has 0 radical (unpaired) electrons. The van der Waals surface area contributed by atoms with Crippen molar-refractivity contribution in [3.8, 4) is 0 Å². The number of nitrogen functional groups attached to an aromatic ring is 1. The molecule has 0 amide bonds. The quantitative estimate of drug-likeness (QED) is 0.413. The second-order valence-corrected chi connectivity index (χ2v) is 2.62. The van der Waals surface area contributed by atoms with Crippen LogP contribution in [0, 0.1) is 5.82 Å². The Morgan fingerprint density at radius 3 is 2.71 bits per heavy atom. The molecule has 0 spiro atoms. The van der Waals surface area contributed by atoms with Gasteiger partial charge >= 0.3 is 5.97 Å². The molecule has 0 aliphatic heterocycles. The van der Waals surface area contributed by atoms with E-state index >= 15 is 0 Å². The highest BCUT2D eigenvalue weighted by molar-refractivity contribution is 5.74. The van der Waals surface area contributed by atoms with Crippen LogP contribution in [0.2, 0.25) is 0 Å². The Morgan fingerprint density at radius 2 is 2.21 bits per heavy atom. The molecule has 1 aromatic carbocycles. The molecule has 76 valence electrons. The summed E-state index contributed by atoms with van der Waals surface area (Å²) >= 11 is 0. The van der Waals surface area contributed by atoms with Crippen molar-refractivity contribution < 1.29 is 19.4 Å². The van der Waals surface area contributed by atoms with Gasteiger partial charge in [0.25, 0.3) is 0 Å². The number of hydrogen-bond donors (Lipinski definition) is 4. The Balaban J connectivity index is 3.11. The Labute approximate surface area is 78.9 Å². The molecule has 1 rings (SSSR count). The van der Waals surface area contributed by atoms with Gasteiger partial charge in [0.05, 0.1) is 0 Å². The van der Waals surface area contributed by atoms with Crippen LogP contribution in [-0.4, -0.2) is 16.2 Å². The number of anilines is 1. The lowest BCUT2D eigenvalue weighted by Gasteiger charge is -2.08. The Bertz CT molecular complexity index is 356. The number of nitrogens with two attached hydrogens (primary N) is 1. The van der Waals surface area contributed by atoms with Crippen LogP contribution >= 0.6 is 0 Å². The lowest BCUT2D eigenvalue weighted by molar-refractivity contribution is -0.147. The van der Waals surface area contributed by atoms with Crippen LogP contribution in [0.15, 0.2) is 18.2 Å². The molecular weight excluding hydrogens is 191 g/mol. The van der Waals surface area contributed by atoms with Crippen LogP contribution in [-0.2, 0) is 4.79 Å². The summed E-state index contributed by atoms with van der Waals surface area (Å²) in [6, 6.07) is 3.48. The third-order valence-electron chi connectivity index (χ3n) is 1.69. The van der Waals surface area contributed by atoms with Crippen molar-refractivity contribution in [2.45, 2.75) is 6.10 Å². The number of aliphatic hydroxyl groups excluding tert-OH is 1. The Hall–Kier alpha value is -1.66. The standard InChI is InChI=1S/C8H9FN2O3/c9-6-2-1-4(11-10)3-5(6)7(12)8(13)14/h1-3,7,11-12H,10H2,(H,13,14). The largest absolute Gasteiger partial charge is 0.479 e. The summed E-state index contributed by atoms with van der Waals surface area (Å²) in [5, 5.41) is 17.5. The molecular formula is C8H9FN2O3. The predicted molar refractivity (Wildman–Crippen MR) is 46.8 cm³/mol. The maximum atomic E-state index is 13.0. The van der Waals surface area contributed by atoms with E-state index in [-0.39, 0.29) is 5.56 Å². The van der Waals surface area contributed by atoms with Gasteiger partial charge in [-0.2, -0.15) is 0 Å². The van der Waals surface area contributed by atoms with Gasteiger partial charge in [-0.1, -0.05) is 0 Å². The number of benzene rings is 1. The number of carbonyl (C=O) groups is 1. The average Bonchev–Trinajstić information content (AvgIpc) is 2.17. The zero-order valence-electron chi connectivity index (χ0n) is 7.07. The summed E-state index contributed by atoms with van der Waals surface area (Å²) in [6.07, 6.45) is -1.89. The van der Waals surface area contributed by atoms with Crippen molar-refractivity contribution >= 4 is 11.7 Å². The number of aliphatic hydroxyl groups is 1. The lowest BCUT2D eigenvalue weighted by atomic mass is 10.1. The number of carboxylic acid groups (broad SMARTS) is 1. The minimum atomic E-state index is -1.89. The number of carboxylic acids is 1. The van der Waals surface area contributed by atoms with Crippen LogP contribution < -0.4 is 11.3 Å². The van der Waals surface area contributed by atoms with Crippen LogP contribution in [0.4, 0.5) is 10.1 Å². The molecule has 5 N–H and O–H groups in total. The fraction of sp³-hybridized carbons (Fsp3) is 0.125. The highest BCUT2D eigenvalue weighted by atomic mass is 19.1. The second-order valence-electron chi connectivity index (χ2n) is 2.62. The Morgan fingerprint density at radius 1 is 1.57 bits per heavy atom. The fourth-order valence-corrected chi connectivity index (χ4v) is 0.976. The van der Waals surface area contributed by atoms with Gasteiger partial charge in [-0.05, 0) is 18.2 Å². The maximum Gasteiger partial charge on any atom is 0.337 e. The van der Waals surface area contributed by atoms with Gasteiger partial charge in [-0.25, -0.2) is 9.18 Å². The van der Waals surface area contributed by atoms with Crippen molar-refractivity contribution in [3.63, 3.8) is 0 Å². The topological polar surface area (TPSA) is 95.6 Å². The summed E-state index contributed by atoms with van der Waals surface area (Å²) in [4.78, 5) is 10.4. The van der Waals surface area contributed by atoms with E-state index in [1.54, 1.807) is 0 Å². The first-order valence-electron chi connectivity index (χ1n) is 3.73. The average molecular weight is 200 g/mol. The number of aliphatic carboxylic acids is 1. The van der Waals surface area contributed by atoms with E-state index in [0.29, 0.717) is 5.69 Å². The SMILES string of the molecule is NNc1ccc(F)c(C(O)C(=O)O)c1. The smallest absolute Gasteiger partial charge is 0.337 e. The molecule has 1 unspecified atom stereocenters. The number of hydrazine groups is 1. The van der Waals surface area contributed by atoms with Crippen LogP contribution in [0.3, 0.4) is 0 Å². The molecule has 0 heterocycles. The number of hydrogen-bond acceptors (Lipinski definition) is 4. The molecule has 1 atom stereocenters. The molecule has 0 bridgehead atoms. The predicted octanol–water partition coefficient (Wildman–Crippen LogP) is 0.229. The van der Waals surface area contributed by atoms with Gasteiger partial charge in [0, 0.05) is 11.3 Å². The molecule has 0 saturated carbocycles. The van der Waals surface area contributed by atoms with E-state index < -0.39 is 17.9 Å². The fourth-order valence-electron chi connectivity index (χ4n) is 0.976. The van der Waals surface area contributed by atoms with E-state index in [1.807, 2.05) is 0 Å². The monoisotopic (exact) mass is 200 g/mol. The lowest BCUT2D eigenvalue weighted by Crippen LogP contribution is -2.14. The summed E-state index contributed by atoms with van der Waals surface area (Å²) in [7, 11) is 0. The van der Waals surface area contributed by atoms with E-state index in [1.165, 1.54) is 6.07 Å². The summed E-state index contributed by atoms with van der Waals surface area (Å²) < 4.78 is 13.0. The van der Waals surface area contributed by atoms with Gasteiger partial charge in [0.1, 0.15) is 5.82 Å². The maximum absolute atomic E-state index is 13.0. The highest BCUT2D eigenvalue weighted by Crippen LogP contribution is 2.20. The van der Waals surface area contributed by atoms with Gasteiger partial charge < -0.3 is 15.6 Å². The summed E-state index contributed by atoms with van der Waals surface area (Å²) in [5.74, 6) is 2.74.